The van der Waals surface area contributed by atoms with Crippen LogP contribution in [0, 0.1) is 13.8 Å². The summed E-state index contributed by atoms with van der Waals surface area (Å²) >= 11 is 3.46. The van der Waals surface area contributed by atoms with Gasteiger partial charge in [0.1, 0.15) is 12.6 Å². The van der Waals surface area contributed by atoms with Crippen molar-refractivity contribution in [2.45, 2.75) is 58.0 Å². The molecule has 3 aromatic carbocycles. The van der Waals surface area contributed by atoms with Crippen LogP contribution in [0.15, 0.2) is 82.2 Å². The zero-order chi connectivity index (χ0) is 28.6. The minimum absolute atomic E-state index is 0.0883. The van der Waals surface area contributed by atoms with E-state index in [-0.39, 0.29) is 17.3 Å². The Hall–Kier alpha value is -3.17. The van der Waals surface area contributed by atoms with Crippen molar-refractivity contribution >= 4 is 43.5 Å². The van der Waals surface area contributed by atoms with Crippen molar-refractivity contribution in [1.82, 2.24) is 10.2 Å². The molecule has 1 N–H and O–H groups in total. The summed E-state index contributed by atoms with van der Waals surface area (Å²) in [6, 6.07) is 20.2. The van der Waals surface area contributed by atoms with E-state index in [1.807, 2.05) is 45.0 Å². The minimum atomic E-state index is -4.08. The van der Waals surface area contributed by atoms with Crippen LogP contribution >= 0.6 is 15.9 Å². The first kappa shape index (κ1) is 30.4. The van der Waals surface area contributed by atoms with Crippen LogP contribution in [0.25, 0.3) is 0 Å². The summed E-state index contributed by atoms with van der Waals surface area (Å²) < 4.78 is 29.6. The van der Waals surface area contributed by atoms with Crippen molar-refractivity contribution in [3.63, 3.8) is 0 Å². The number of amides is 2. The number of anilines is 1. The Kier molecular flexibility index (Phi) is 10.7. The third-order valence-corrected chi connectivity index (χ3v) is 8.73. The molecule has 2 amide bonds. The van der Waals surface area contributed by atoms with Gasteiger partial charge in [0.2, 0.25) is 11.8 Å². The molecule has 3 aromatic rings. The molecule has 9 heteroatoms. The average Bonchev–Trinajstić information content (AvgIpc) is 2.90. The summed E-state index contributed by atoms with van der Waals surface area (Å²) in [6.45, 7) is 7.69. The van der Waals surface area contributed by atoms with Crippen LogP contribution < -0.4 is 9.62 Å². The van der Waals surface area contributed by atoms with Crippen molar-refractivity contribution < 1.29 is 18.0 Å². The van der Waals surface area contributed by atoms with Crippen LogP contribution in [0.2, 0.25) is 0 Å². The fourth-order valence-corrected chi connectivity index (χ4v) is 5.89. The first-order valence-electron chi connectivity index (χ1n) is 13.0. The molecule has 0 saturated carbocycles. The van der Waals surface area contributed by atoms with Gasteiger partial charge in [-0.25, -0.2) is 8.42 Å². The minimum Gasteiger partial charge on any atom is -0.354 e. The van der Waals surface area contributed by atoms with E-state index in [9.17, 15) is 18.0 Å². The number of hydrogen-bond donors (Lipinski definition) is 1. The summed E-state index contributed by atoms with van der Waals surface area (Å²) in [6.07, 6.45) is 1.76. The highest BCUT2D eigenvalue weighted by atomic mass is 79.9. The van der Waals surface area contributed by atoms with Crippen LogP contribution in [0.3, 0.4) is 0 Å². The fourth-order valence-electron chi connectivity index (χ4n) is 4.03. The maximum absolute atomic E-state index is 13.9. The van der Waals surface area contributed by atoms with Crippen LogP contribution in [-0.2, 0) is 26.2 Å². The average molecular weight is 615 g/mol. The predicted molar refractivity (Wildman–Crippen MR) is 159 cm³/mol. The van der Waals surface area contributed by atoms with Crippen molar-refractivity contribution in [2.75, 3.05) is 17.4 Å². The molecule has 0 radical (unpaired) electrons. The van der Waals surface area contributed by atoms with Gasteiger partial charge in [-0.15, -0.1) is 0 Å². The van der Waals surface area contributed by atoms with E-state index in [1.54, 1.807) is 55.5 Å². The number of halogens is 1. The van der Waals surface area contributed by atoms with Crippen LogP contribution in [0.1, 0.15) is 43.4 Å². The molecular formula is C30H36BrN3O4S. The molecule has 0 saturated heterocycles. The van der Waals surface area contributed by atoms with Crippen LogP contribution in [-0.4, -0.2) is 44.3 Å². The quantitative estimate of drug-likeness (QED) is 0.270. The highest BCUT2D eigenvalue weighted by Gasteiger charge is 2.32. The molecule has 0 aliphatic heterocycles. The van der Waals surface area contributed by atoms with E-state index in [2.05, 4.69) is 21.2 Å². The Labute approximate surface area is 240 Å². The Morgan fingerprint density at radius 1 is 0.949 bits per heavy atom. The summed E-state index contributed by atoms with van der Waals surface area (Å²) in [5.41, 5.74) is 3.08. The van der Waals surface area contributed by atoms with E-state index >= 15 is 0 Å². The number of carbonyl (C=O) groups is 2. The molecule has 0 aromatic heterocycles. The summed E-state index contributed by atoms with van der Waals surface area (Å²) in [4.78, 5) is 28.5. The number of nitrogens with one attached hydrogen (secondary N) is 1. The van der Waals surface area contributed by atoms with Gasteiger partial charge >= 0.3 is 0 Å². The molecule has 0 aliphatic rings. The molecule has 208 valence electrons. The lowest BCUT2D eigenvalue weighted by molar-refractivity contribution is -0.139. The number of sulfonamides is 1. The molecule has 1 unspecified atom stereocenters. The molecule has 39 heavy (non-hydrogen) atoms. The maximum atomic E-state index is 13.9. The molecular weight excluding hydrogens is 578 g/mol. The summed E-state index contributed by atoms with van der Waals surface area (Å²) in [5.74, 6) is -0.764. The Balaban J connectivity index is 1.99. The lowest BCUT2D eigenvalue weighted by atomic mass is 10.1. The zero-order valence-electron chi connectivity index (χ0n) is 22.9. The van der Waals surface area contributed by atoms with E-state index in [0.29, 0.717) is 12.2 Å². The topological polar surface area (TPSA) is 86.8 Å². The van der Waals surface area contributed by atoms with Crippen molar-refractivity contribution in [1.29, 1.82) is 0 Å². The van der Waals surface area contributed by atoms with Crippen LogP contribution in [0.4, 0.5) is 5.69 Å². The van der Waals surface area contributed by atoms with Crippen LogP contribution in [0.5, 0.6) is 0 Å². The van der Waals surface area contributed by atoms with Crippen molar-refractivity contribution in [2.24, 2.45) is 0 Å². The molecule has 3 rings (SSSR count). The van der Waals surface area contributed by atoms with Gasteiger partial charge in [0.25, 0.3) is 10.0 Å². The van der Waals surface area contributed by atoms with Gasteiger partial charge in [0.05, 0.1) is 10.6 Å². The van der Waals surface area contributed by atoms with Gasteiger partial charge in [0.15, 0.2) is 0 Å². The zero-order valence-corrected chi connectivity index (χ0v) is 25.3. The number of nitrogens with zero attached hydrogens (tertiary/aromatic N) is 2. The second-order valence-electron chi connectivity index (χ2n) is 9.63. The van der Waals surface area contributed by atoms with E-state index < -0.39 is 28.5 Å². The second kappa shape index (κ2) is 13.8. The smallest absolute Gasteiger partial charge is 0.264 e. The van der Waals surface area contributed by atoms with Gasteiger partial charge in [-0.05, 0) is 69.2 Å². The highest BCUT2D eigenvalue weighted by Crippen LogP contribution is 2.25. The number of aryl methyl sites for hydroxylation is 2. The molecule has 0 heterocycles. The van der Waals surface area contributed by atoms with E-state index in [1.165, 1.54) is 4.90 Å². The van der Waals surface area contributed by atoms with E-state index in [0.717, 1.165) is 38.3 Å². The van der Waals surface area contributed by atoms with Crippen molar-refractivity contribution in [3.8, 4) is 0 Å². The number of unbranched alkanes of at least 4 members (excludes halogenated alkanes) is 1. The lowest BCUT2D eigenvalue weighted by Gasteiger charge is -2.32. The molecule has 0 bridgehead atoms. The number of rotatable bonds is 12. The third-order valence-electron chi connectivity index (χ3n) is 6.45. The van der Waals surface area contributed by atoms with Gasteiger partial charge < -0.3 is 10.2 Å². The monoisotopic (exact) mass is 613 g/mol. The van der Waals surface area contributed by atoms with Gasteiger partial charge in [-0.1, -0.05) is 76.8 Å². The second-order valence-corrected chi connectivity index (χ2v) is 12.4. The number of carbonyl (C=O) groups excluding carboxylic acids is 2. The Bertz CT molecular complexity index is 1380. The van der Waals surface area contributed by atoms with Gasteiger partial charge in [0, 0.05) is 17.6 Å². The standard InChI is InChI=1S/C30H36BrN3O4S/c1-5-6-18-32-30(36)24(4)33(20-25-8-7-9-26(31)19-25)29(35)21-34(27-14-10-22(2)11-15-27)39(37,38)28-16-12-23(3)13-17-28/h7-17,19,24H,5-6,18,20-21H2,1-4H3,(H,32,36). The Morgan fingerprint density at radius 2 is 1.56 bits per heavy atom. The highest BCUT2D eigenvalue weighted by molar-refractivity contribution is 9.10. The normalized spacial score (nSPS) is 12.0. The molecule has 7 nitrogen and oxygen atoms in total. The van der Waals surface area contributed by atoms with Gasteiger partial charge in [-0.2, -0.15) is 0 Å². The molecule has 0 aliphatic carbocycles. The van der Waals surface area contributed by atoms with Gasteiger partial charge in [-0.3, -0.25) is 13.9 Å². The molecule has 0 fully saturated rings. The number of hydrogen-bond acceptors (Lipinski definition) is 4. The number of benzene rings is 3. The molecule has 1 atom stereocenters. The summed E-state index contributed by atoms with van der Waals surface area (Å²) in [5, 5.41) is 2.89. The SMILES string of the molecule is CCCCNC(=O)C(C)N(Cc1cccc(Br)c1)C(=O)CN(c1ccc(C)cc1)S(=O)(=O)c1ccc(C)cc1. The first-order chi connectivity index (χ1) is 18.5. The molecule has 0 spiro atoms. The maximum Gasteiger partial charge on any atom is 0.264 e. The van der Waals surface area contributed by atoms with E-state index in [4.69, 9.17) is 0 Å². The summed E-state index contributed by atoms with van der Waals surface area (Å²) in [7, 11) is -4.08. The Morgan fingerprint density at radius 3 is 2.15 bits per heavy atom. The fraction of sp³-hybridized carbons (Fsp3) is 0.333. The lowest BCUT2D eigenvalue weighted by Crippen LogP contribution is -2.51. The first-order valence-corrected chi connectivity index (χ1v) is 15.2. The third kappa shape index (κ3) is 8.16. The van der Waals surface area contributed by atoms with Crippen molar-refractivity contribution in [3.05, 3.63) is 94.0 Å². The largest absolute Gasteiger partial charge is 0.354 e. The predicted octanol–water partition coefficient (Wildman–Crippen LogP) is 5.59.